The first kappa shape index (κ1) is 21.6. The second-order valence-corrected chi connectivity index (χ2v) is 8.48. The minimum Gasteiger partial charge on any atom is -0.493 e. The van der Waals surface area contributed by atoms with E-state index in [0.717, 1.165) is 10.6 Å². The maximum absolute atomic E-state index is 12.9. The lowest BCUT2D eigenvalue weighted by Crippen LogP contribution is -2.45. The molecule has 0 unspecified atom stereocenters. The van der Waals surface area contributed by atoms with Crippen molar-refractivity contribution in [3.05, 3.63) is 36.4 Å². The molecular weight excluding hydrogens is 412 g/mol. The van der Waals surface area contributed by atoms with Crippen molar-refractivity contribution < 1.29 is 32.2 Å². The molecule has 0 fully saturated rings. The molecule has 30 heavy (non-hydrogen) atoms. The molecule has 0 aliphatic carbocycles. The van der Waals surface area contributed by atoms with Crippen LogP contribution in [0.2, 0.25) is 0 Å². The number of fused-ring (bicyclic) bond motifs is 1. The van der Waals surface area contributed by atoms with Crippen molar-refractivity contribution >= 4 is 27.3 Å². The number of amides is 1. The summed E-state index contributed by atoms with van der Waals surface area (Å²) in [5.41, 5.74) is 0.747. The second-order valence-electron chi connectivity index (χ2n) is 6.62. The first-order valence-electron chi connectivity index (χ1n) is 9.16. The van der Waals surface area contributed by atoms with Crippen molar-refractivity contribution in [2.75, 3.05) is 43.3 Å². The first-order valence-corrected chi connectivity index (χ1v) is 11.0. The fraction of sp³-hybridized carbons (Fsp3) is 0.350. The van der Waals surface area contributed by atoms with Crippen molar-refractivity contribution in [1.82, 2.24) is 0 Å². The fourth-order valence-electron chi connectivity index (χ4n) is 3.14. The van der Waals surface area contributed by atoms with Gasteiger partial charge < -0.3 is 24.3 Å². The van der Waals surface area contributed by atoms with Crippen LogP contribution < -0.4 is 28.6 Å². The Kier molecular flexibility index (Phi) is 6.25. The van der Waals surface area contributed by atoms with Gasteiger partial charge in [0.05, 0.1) is 26.2 Å². The molecular formula is C20H24N2O7S. The van der Waals surface area contributed by atoms with Gasteiger partial charge in [0.1, 0.15) is 19.3 Å². The van der Waals surface area contributed by atoms with Gasteiger partial charge in [0, 0.05) is 17.8 Å². The van der Waals surface area contributed by atoms with E-state index in [-0.39, 0.29) is 5.69 Å². The van der Waals surface area contributed by atoms with Gasteiger partial charge in [0.25, 0.3) is 0 Å². The quantitative estimate of drug-likeness (QED) is 0.710. The topological polar surface area (TPSA) is 103 Å². The van der Waals surface area contributed by atoms with E-state index in [2.05, 4.69) is 5.32 Å². The Morgan fingerprint density at radius 2 is 1.70 bits per heavy atom. The third-order valence-corrected chi connectivity index (χ3v) is 5.76. The molecule has 162 valence electrons. The van der Waals surface area contributed by atoms with E-state index >= 15 is 0 Å². The Balaban J connectivity index is 1.87. The normalized spacial score (nSPS) is 13.9. The number of benzene rings is 2. The highest BCUT2D eigenvalue weighted by atomic mass is 32.2. The average molecular weight is 436 g/mol. The number of ether oxygens (including phenoxy) is 4. The number of nitrogens with one attached hydrogen (secondary N) is 1. The Hall–Kier alpha value is -3.14. The van der Waals surface area contributed by atoms with Crippen LogP contribution in [0.4, 0.5) is 11.4 Å². The van der Waals surface area contributed by atoms with E-state index in [4.69, 9.17) is 18.9 Å². The van der Waals surface area contributed by atoms with Crippen molar-refractivity contribution in [3.63, 3.8) is 0 Å². The average Bonchev–Trinajstić information content (AvgIpc) is 2.72. The number of anilines is 2. The zero-order valence-electron chi connectivity index (χ0n) is 17.2. The van der Waals surface area contributed by atoms with Crippen molar-refractivity contribution in [3.8, 4) is 23.0 Å². The number of sulfonamides is 1. The maximum atomic E-state index is 12.9. The van der Waals surface area contributed by atoms with Crippen LogP contribution >= 0.6 is 0 Å². The Morgan fingerprint density at radius 3 is 2.33 bits per heavy atom. The van der Waals surface area contributed by atoms with E-state index in [9.17, 15) is 13.2 Å². The molecule has 9 nitrogen and oxygen atoms in total. The standard InChI is InChI=1S/C20H24N2O7S/c1-13(20(23)21-14-5-7-17-19(11-14)29-10-9-28-17)22(30(4,24)25)15-6-8-16(26-2)18(12-15)27-3/h5-8,11-13H,9-10H2,1-4H3,(H,21,23)/t13-/m1/s1. The van der Waals surface area contributed by atoms with Gasteiger partial charge in [0.15, 0.2) is 23.0 Å². The van der Waals surface area contributed by atoms with Gasteiger partial charge in [0.2, 0.25) is 15.9 Å². The minimum absolute atomic E-state index is 0.278. The molecule has 2 aromatic carbocycles. The van der Waals surface area contributed by atoms with E-state index < -0.39 is 22.0 Å². The fourth-order valence-corrected chi connectivity index (χ4v) is 4.31. The Bertz CT molecular complexity index is 1040. The highest BCUT2D eigenvalue weighted by Crippen LogP contribution is 2.34. The lowest BCUT2D eigenvalue weighted by atomic mass is 10.2. The van der Waals surface area contributed by atoms with E-state index in [1.807, 2.05) is 0 Å². The van der Waals surface area contributed by atoms with E-state index in [1.165, 1.54) is 27.2 Å². The van der Waals surface area contributed by atoms with Crippen LogP contribution in [0.1, 0.15) is 6.92 Å². The van der Waals surface area contributed by atoms with Gasteiger partial charge in [-0.25, -0.2) is 8.42 Å². The third-order valence-electron chi connectivity index (χ3n) is 4.52. The van der Waals surface area contributed by atoms with Crippen LogP contribution in [0, 0.1) is 0 Å². The Morgan fingerprint density at radius 1 is 1.03 bits per heavy atom. The van der Waals surface area contributed by atoms with Crippen molar-refractivity contribution in [2.24, 2.45) is 0 Å². The van der Waals surface area contributed by atoms with E-state index in [0.29, 0.717) is 41.9 Å². The highest BCUT2D eigenvalue weighted by molar-refractivity contribution is 7.92. The highest BCUT2D eigenvalue weighted by Gasteiger charge is 2.30. The summed E-state index contributed by atoms with van der Waals surface area (Å²) in [5, 5.41) is 2.73. The van der Waals surface area contributed by atoms with Gasteiger partial charge in [-0.2, -0.15) is 0 Å². The molecule has 1 heterocycles. The van der Waals surface area contributed by atoms with E-state index in [1.54, 1.807) is 30.3 Å². The van der Waals surface area contributed by atoms with Gasteiger partial charge >= 0.3 is 0 Å². The smallest absolute Gasteiger partial charge is 0.247 e. The summed E-state index contributed by atoms with van der Waals surface area (Å²) in [5.74, 6) is 1.40. The summed E-state index contributed by atoms with van der Waals surface area (Å²) in [4.78, 5) is 12.9. The predicted molar refractivity (Wildman–Crippen MR) is 112 cm³/mol. The van der Waals surface area contributed by atoms with Crippen LogP contribution in [0.3, 0.4) is 0 Å². The van der Waals surface area contributed by atoms with Crippen LogP contribution in [-0.4, -0.2) is 54.1 Å². The molecule has 0 bridgehead atoms. The maximum Gasteiger partial charge on any atom is 0.247 e. The SMILES string of the molecule is COc1ccc(N([C@H](C)C(=O)Nc2ccc3c(c2)OCCO3)S(C)(=O)=O)cc1OC. The molecule has 1 aliphatic heterocycles. The number of nitrogens with zero attached hydrogens (tertiary/aromatic N) is 1. The minimum atomic E-state index is -3.78. The molecule has 1 N–H and O–H groups in total. The summed E-state index contributed by atoms with van der Waals surface area (Å²) in [7, 11) is -0.852. The van der Waals surface area contributed by atoms with Crippen molar-refractivity contribution in [2.45, 2.75) is 13.0 Å². The van der Waals surface area contributed by atoms with Crippen LogP contribution in [-0.2, 0) is 14.8 Å². The molecule has 1 amide bonds. The number of carbonyl (C=O) groups excluding carboxylic acids is 1. The number of hydrogen-bond acceptors (Lipinski definition) is 7. The predicted octanol–water partition coefficient (Wildman–Crippen LogP) is 2.27. The van der Waals surface area contributed by atoms with Crippen LogP contribution in [0.5, 0.6) is 23.0 Å². The lowest BCUT2D eigenvalue weighted by Gasteiger charge is -2.29. The lowest BCUT2D eigenvalue weighted by molar-refractivity contribution is -0.116. The van der Waals surface area contributed by atoms with Gasteiger partial charge in [-0.05, 0) is 31.2 Å². The molecule has 0 saturated heterocycles. The summed E-state index contributed by atoms with van der Waals surface area (Å²) in [6.07, 6.45) is 1.04. The molecule has 2 aromatic rings. The van der Waals surface area contributed by atoms with Gasteiger partial charge in [-0.3, -0.25) is 9.10 Å². The van der Waals surface area contributed by atoms with Gasteiger partial charge in [-0.15, -0.1) is 0 Å². The zero-order valence-corrected chi connectivity index (χ0v) is 18.0. The zero-order chi connectivity index (χ0) is 21.9. The van der Waals surface area contributed by atoms with Crippen LogP contribution in [0.25, 0.3) is 0 Å². The molecule has 0 saturated carbocycles. The number of carbonyl (C=O) groups is 1. The summed E-state index contributed by atoms with van der Waals surface area (Å²) in [6, 6.07) is 8.60. The molecule has 0 spiro atoms. The molecule has 0 aromatic heterocycles. The molecule has 1 aliphatic rings. The largest absolute Gasteiger partial charge is 0.493 e. The molecule has 10 heteroatoms. The van der Waals surface area contributed by atoms with Crippen molar-refractivity contribution in [1.29, 1.82) is 0 Å². The summed E-state index contributed by atoms with van der Waals surface area (Å²) < 4.78 is 47.5. The van der Waals surface area contributed by atoms with Gasteiger partial charge in [-0.1, -0.05) is 0 Å². The van der Waals surface area contributed by atoms with Crippen LogP contribution in [0.15, 0.2) is 36.4 Å². The summed E-state index contributed by atoms with van der Waals surface area (Å²) >= 11 is 0. The second kappa shape index (κ2) is 8.70. The third kappa shape index (κ3) is 4.54. The Labute approximate surface area is 175 Å². The first-order chi connectivity index (χ1) is 14.2. The molecule has 3 rings (SSSR count). The summed E-state index contributed by atoms with van der Waals surface area (Å²) in [6.45, 7) is 2.39. The number of hydrogen-bond donors (Lipinski definition) is 1. The number of rotatable bonds is 7. The monoisotopic (exact) mass is 436 g/mol. The number of methoxy groups -OCH3 is 2. The molecule has 1 atom stereocenters. The molecule has 0 radical (unpaired) electrons.